The molecule has 100 valence electrons. The summed E-state index contributed by atoms with van der Waals surface area (Å²) in [6.07, 6.45) is 1.78. The van der Waals surface area contributed by atoms with Crippen LogP contribution in [0.25, 0.3) is 0 Å². The van der Waals surface area contributed by atoms with Gasteiger partial charge in [0.05, 0.1) is 0 Å². The molecule has 5 heteroatoms. The number of nitrogens with one attached hydrogen (secondary N) is 1. The van der Waals surface area contributed by atoms with E-state index in [0.29, 0.717) is 0 Å². The SMILES string of the molecule is CCNCc1ccc(Cl)cc1Sc1nccc(C)n1. The van der Waals surface area contributed by atoms with E-state index in [9.17, 15) is 0 Å². The number of hydrogen-bond donors (Lipinski definition) is 1. The second kappa shape index (κ2) is 6.89. The van der Waals surface area contributed by atoms with Gasteiger partial charge < -0.3 is 5.32 Å². The monoisotopic (exact) mass is 293 g/mol. The van der Waals surface area contributed by atoms with Crippen molar-refractivity contribution in [2.75, 3.05) is 6.54 Å². The first-order valence-corrected chi connectivity index (χ1v) is 7.35. The van der Waals surface area contributed by atoms with E-state index in [2.05, 4.69) is 22.2 Å². The van der Waals surface area contributed by atoms with Crippen LogP contribution in [0.5, 0.6) is 0 Å². The summed E-state index contributed by atoms with van der Waals surface area (Å²) < 4.78 is 0. The summed E-state index contributed by atoms with van der Waals surface area (Å²) in [5.41, 5.74) is 2.18. The summed E-state index contributed by atoms with van der Waals surface area (Å²) in [4.78, 5) is 9.78. The first kappa shape index (κ1) is 14.3. The maximum absolute atomic E-state index is 6.07. The first-order chi connectivity index (χ1) is 9.19. The molecule has 19 heavy (non-hydrogen) atoms. The number of hydrogen-bond acceptors (Lipinski definition) is 4. The molecule has 0 spiro atoms. The summed E-state index contributed by atoms with van der Waals surface area (Å²) in [7, 11) is 0. The molecule has 0 bridgehead atoms. The zero-order chi connectivity index (χ0) is 13.7. The Morgan fingerprint density at radius 2 is 2.16 bits per heavy atom. The van der Waals surface area contributed by atoms with Crippen LogP contribution in [0.15, 0.2) is 40.5 Å². The van der Waals surface area contributed by atoms with Crippen molar-refractivity contribution < 1.29 is 0 Å². The third-order valence-electron chi connectivity index (χ3n) is 2.57. The van der Waals surface area contributed by atoms with Gasteiger partial charge in [0.1, 0.15) is 0 Å². The third-order valence-corrected chi connectivity index (χ3v) is 3.78. The average Bonchev–Trinajstić information content (AvgIpc) is 2.38. The molecule has 3 nitrogen and oxygen atoms in total. The minimum atomic E-state index is 0.732. The Kier molecular flexibility index (Phi) is 5.19. The maximum atomic E-state index is 6.07. The molecule has 1 heterocycles. The second-order valence-corrected chi connectivity index (χ2v) is 5.56. The van der Waals surface area contributed by atoms with Gasteiger partial charge in [-0.15, -0.1) is 0 Å². The van der Waals surface area contributed by atoms with Crippen molar-refractivity contribution in [3.05, 3.63) is 46.7 Å². The van der Waals surface area contributed by atoms with Gasteiger partial charge in [0.25, 0.3) is 0 Å². The van der Waals surface area contributed by atoms with Gasteiger partial charge in [-0.2, -0.15) is 0 Å². The van der Waals surface area contributed by atoms with Gasteiger partial charge in [-0.3, -0.25) is 0 Å². The summed E-state index contributed by atoms with van der Waals surface area (Å²) in [5, 5.41) is 4.81. The highest BCUT2D eigenvalue weighted by Crippen LogP contribution is 2.30. The molecule has 0 radical (unpaired) electrons. The molecular formula is C14H16ClN3S. The molecule has 0 amide bonds. The average molecular weight is 294 g/mol. The third kappa shape index (κ3) is 4.20. The van der Waals surface area contributed by atoms with Crippen LogP contribution in [0.3, 0.4) is 0 Å². The van der Waals surface area contributed by atoms with Gasteiger partial charge in [0.15, 0.2) is 5.16 Å². The molecule has 2 aromatic rings. The minimum Gasteiger partial charge on any atom is -0.313 e. The molecule has 1 aromatic carbocycles. The maximum Gasteiger partial charge on any atom is 0.192 e. The number of aromatic nitrogens is 2. The predicted molar refractivity (Wildman–Crippen MR) is 79.7 cm³/mol. The molecule has 0 aliphatic carbocycles. The molecule has 0 aliphatic heterocycles. The van der Waals surface area contributed by atoms with Gasteiger partial charge in [-0.25, -0.2) is 9.97 Å². The Balaban J connectivity index is 2.24. The topological polar surface area (TPSA) is 37.8 Å². The van der Waals surface area contributed by atoms with Crippen molar-refractivity contribution in [3.8, 4) is 0 Å². The molecule has 0 aliphatic rings. The van der Waals surface area contributed by atoms with E-state index < -0.39 is 0 Å². The van der Waals surface area contributed by atoms with Crippen LogP contribution in [0.1, 0.15) is 18.2 Å². The summed E-state index contributed by atoms with van der Waals surface area (Å²) >= 11 is 7.62. The molecule has 0 unspecified atom stereocenters. The highest BCUT2D eigenvalue weighted by atomic mass is 35.5. The fourth-order valence-electron chi connectivity index (χ4n) is 1.60. The number of nitrogens with zero attached hydrogens (tertiary/aromatic N) is 2. The molecule has 0 saturated carbocycles. The largest absolute Gasteiger partial charge is 0.313 e. The van der Waals surface area contributed by atoms with E-state index in [-0.39, 0.29) is 0 Å². The number of aryl methyl sites for hydroxylation is 1. The number of halogens is 1. The molecule has 1 aromatic heterocycles. The second-order valence-electron chi connectivity index (χ2n) is 4.12. The van der Waals surface area contributed by atoms with Crippen molar-refractivity contribution in [3.63, 3.8) is 0 Å². The van der Waals surface area contributed by atoms with E-state index >= 15 is 0 Å². The Bertz CT molecular complexity index is 560. The molecule has 0 saturated heterocycles. The van der Waals surface area contributed by atoms with Crippen molar-refractivity contribution in [2.24, 2.45) is 0 Å². The van der Waals surface area contributed by atoms with Gasteiger partial charge in [-0.1, -0.05) is 24.6 Å². The summed E-state index contributed by atoms with van der Waals surface area (Å²) in [5.74, 6) is 0. The van der Waals surface area contributed by atoms with Crippen LogP contribution in [0.4, 0.5) is 0 Å². The summed E-state index contributed by atoms with van der Waals surface area (Å²) in [6, 6.07) is 7.81. The fraction of sp³-hybridized carbons (Fsp3) is 0.286. The number of benzene rings is 1. The van der Waals surface area contributed by atoms with E-state index in [4.69, 9.17) is 11.6 Å². The molecular weight excluding hydrogens is 278 g/mol. The minimum absolute atomic E-state index is 0.732. The van der Waals surface area contributed by atoms with Crippen molar-refractivity contribution >= 4 is 23.4 Å². The standard InChI is InChI=1S/C14H16ClN3S/c1-3-16-9-11-4-5-12(15)8-13(11)19-14-17-7-6-10(2)18-14/h4-8,16H,3,9H2,1-2H3. The zero-order valence-corrected chi connectivity index (χ0v) is 12.6. The lowest BCUT2D eigenvalue weighted by atomic mass is 10.2. The van der Waals surface area contributed by atoms with Crippen LogP contribution in [0, 0.1) is 6.92 Å². The van der Waals surface area contributed by atoms with E-state index in [1.807, 2.05) is 31.2 Å². The van der Waals surface area contributed by atoms with Crippen LogP contribution < -0.4 is 5.32 Å². The lowest BCUT2D eigenvalue weighted by Crippen LogP contribution is -2.12. The van der Waals surface area contributed by atoms with Crippen molar-refractivity contribution in [2.45, 2.75) is 30.4 Å². The summed E-state index contributed by atoms with van der Waals surface area (Å²) in [6.45, 7) is 5.81. The lowest BCUT2D eigenvalue weighted by Gasteiger charge is -2.09. The smallest absolute Gasteiger partial charge is 0.192 e. The van der Waals surface area contributed by atoms with E-state index in [0.717, 1.165) is 33.9 Å². The zero-order valence-electron chi connectivity index (χ0n) is 11.0. The Hall–Kier alpha value is -1.10. The van der Waals surface area contributed by atoms with E-state index in [1.54, 1.807) is 18.0 Å². The van der Waals surface area contributed by atoms with Crippen LogP contribution in [-0.4, -0.2) is 16.5 Å². The first-order valence-electron chi connectivity index (χ1n) is 6.15. The van der Waals surface area contributed by atoms with Crippen molar-refractivity contribution in [1.29, 1.82) is 0 Å². The predicted octanol–water partition coefficient (Wildman–Crippen LogP) is 3.70. The van der Waals surface area contributed by atoms with Gasteiger partial charge in [-0.05, 0) is 49.0 Å². The van der Waals surface area contributed by atoms with Gasteiger partial charge in [0.2, 0.25) is 0 Å². The van der Waals surface area contributed by atoms with Crippen molar-refractivity contribution in [1.82, 2.24) is 15.3 Å². The Morgan fingerprint density at radius 3 is 2.89 bits per heavy atom. The highest BCUT2D eigenvalue weighted by Gasteiger charge is 2.07. The lowest BCUT2D eigenvalue weighted by molar-refractivity contribution is 0.718. The number of rotatable bonds is 5. The Labute approximate surface area is 122 Å². The van der Waals surface area contributed by atoms with Crippen LogP contribution >= 0.6 is 23.4 Å². The van der Waals surface area contributed by atoms with Crippen LogP contribution in [-0.2, 0) is 6.54 Å². The molecule has 1 N–H and O–H groups in total. The normalized spacial score (nSPS) is 10.7. The quantitative estimate of drug-likeness (QED) is 0.853. The molecule has 2 rings (SSSR count). The molecule has 0 fully saturated rings. The van der Waals surface area contributed by atoms with E-state index in [1.165, 1.54) is 5.56 Å². The Morgan fingerprint density at radius 1 is 1.32 bits per heavy atom. The highest BCUT2D eigenvalue weighted by molar-refractivity contribution is 7.99. The van der Waals surface area contributed by atoms with Gasteiger partial charge in [0, 0.05) is 28.4 Å². The van der Waals surface area contributed by atoms with Gasteiger partial charge >= 0.3 is 0 Å². The fourth-order valence-corrected chi connectivity index (χ4v) is 2.80. The van der Waals surface area contributed by atoms with Crippen LogP contribution in [0.2, 0.25) is 5.02 Å². The molecule has 0 atom stereocenters.